The number of carbonyl (C=O) groups excluding carboxylic acids is 1. The fraction of sp³-hybridized carbons (Fsp3) is 0.556. The second-order valence-electron chi connectivity index (χ2n) is 14.6. The summed E-state index contributed by atoms with van der Waals surface area (Å²) in [6, 6.07) is 7.86. The van der Waals surface area contributed by atoms with Crippen LogP contribution in [0, 0.1) is 17.1 Å². The van der Waals surface area contributed by atoms with Crippen LogP contribution >= 0.6 is 0 Å². The van der Waals surface area contributed by atoms with Gasteiger partial charge in [-0.15, -0.1) is 0 Å². The first-order valence-electron chi connectivity index (χ1n) is 17.3. The third-order valence-corrected chi connectivity index (χ3v) is 11.3. The zero-order valence-corrected chi connectivity index (χ0v) is 28.1. The third-order valence-electron chi connectivity index (χ3n) is 11.3. The highest BCUT2D eigenvalue weighted by Gasteiger charge is 2.50. The van der Waals surface area contributed by atoms with Crippen molar-refractivity contribution in [1.29, 1.82) is 5.26 Å². The molecule has 258 valence electrons. The lowest BCUT2D eigenvalue weighted by Gasteiger charge is -2.43. The minimum absolute atomic E-state index is 0.0926. The van der Waals surface area contributed by atoms with Gasteiger partial charge in [-0.05, 0) is 62.8 Å². The molecule has 11 nitrogen and oxygen atoms in total. The van der Waals surface area contributed by atoms with E-state index in [0.717, 1.165) is 49.0 Å². The van der Waals surface area contributed by atoms with Gasteiger partial charge >= 0.3 is 0 Å². The zero-order valence-electron chi connectivity index (χ0n) is 28.1. The number of alkyl halides is 1. The number of benzene rings is 1. The van der Waals surface area contributed by atoms with Crippen molar-refractivity contribution in [2.24, 2.45) is 0 Å². The molecule has 1 aromatic carbocycles. The molecule has 8 rings (SSSR count). The Bertz CT molecular complexity index is 1870. The van der Waals surface area contributed by atoms with Gasteiger partial charge in [-0.2, -0.15) is 14.8 Å². The third kappa shape index (κ3) is 5.22. The molecule has 1 spiro atoms. The molecule has 3 atom stereocenters. The van der Waals surface area contributed by atoms with E-state index in [4.69, 9.17) is 20.2 Å². The van der Waals surface area contributed by atoms with Crippen LogP contribution in [0.1, 0.15) is 82.7 Å². The highest BCUT2D eigenvalue weighted by molar-refractivity contribution is 5.92. The predicted molar refractivity (Wildman–Crippen MR) is 177 cm³/mol. The SMILES string of the molecule is CN(C)C(=O)c1cc2n(n1)CCCN(c1c(F)c(OCC34CCCN3C[C@H](F)C4)nc3c1CO[C@@]1(CCCc4ccc(N)c(C#N)c41)C3)C2. The van der Waals surface area contributed by atoms with Crippen molar-refractivity contribution in [2.75, 3.05) is 51.0 Å². The quantitative estimate of drug-likeness (QED) is 0.396. The lowest BCUT2D eigenvalue weighted by atomic mass is 9.72. The van der Waals surface area contributed by atoms with E-state index in [9.17, 15) is 14.4 Å². The molecule has 0 saturated carbocycles. The molecule has 5 aliphatic rings. The van der Waals surface area contributed by atoms with Gasteiger partial charge in [0.25, 0.3) is 11.8 Å². The van der Waals surface area contributed by atoms with Crippen molar-refractivity contribution in [2.45, 2.75) is 88.4 Å². The summed E-state index contributed by atoms with van der Waals surface area (Å²) in [5, 5.41) is 14.7. The smallest absolute Gasteiger partial charge is 0.273 e. The highest BCUT2D eigenvalue weighted by Crippen LogP contribution is 2.49. The Hall–Kier alpha value is -4.28. The number of pyridine rings is 1. The van der Waals surface area contributed by atoms with Gasteiger partial charge in [-0.25, -0.2) is 9.37 Å². The van der Waals surface area contributed by atoms with E-state index in [-0.39, 0.29) is 25.0 Å². The summed E-state index contributed by atoms with van der Waals surface area (Å²) in [5.74, 6) is -0.862. The maximum atomic E-state index is 17.0. The summed E-state index contributed by atoms with van der Waals surface area (Å²) in [6.45, 7) is 2.87. The number of halogens is 2. The van der Waals surface area contributed by atoms with Gasteiger partial charge in [0, 0.05) is 63.4 Å². The number of hydrogen-bond acceptors (Lipinski definition) is 9. The average Bonchev–Trinajstić information content (AvgIpc) is 3.71. The molecule has 2 aromatic heterocycles. The maximum Gasteiger partial charge on any atom is 0.273 e. The zero-order chi connectivity index (χ0) is 34.1. The Kier molecular flexibility index (Phi) is 7.79. The number of aromatic nitrogens is 3. The van der Waals surface area contributed by atoms with Crippen LogP contribution in [0.2, 0.25) is 0 Å². The van der Waals surface area contributed by atoms with E-state index >= 15 is 4.39 Å². The van der Waals surface area contributed by atoms with Gasteiger partial charge < -0.3 is 25.0 Å². The van der Waals surface area contributed by atoms with Crippen LogP contribution in [0.25, 0.3) is 0 Å². The summed E-state index contributed by atoms with van der Waals surface area (Å²) in [7, 11) is 3.38. The second kappa shape index (κ2) is 11.9. The van der Waals surface area contributed by atoms with Crippen LogP contribution in [0.4, 0.5) is 20.2 Å². The monoisotopic (exact) mass is 672 g/mol. The summed E-state index contributed by atoms with van der Waals surface area (Å²) in [4.78, 5) is 23.2. The number of carbonyl (C=O) groups is 1. The summed E-state index contributed by atoms with van der Waals surface area (Å²) in [5.41, 5.74) is 10.5. The lowest BCUT2D eigenvalue weighted by Crippen LogP contribution is -2.44. The molecule has 3 aromatic rings. The molecule has 2 fully saturated rings. The van der Waals surface area contributed by atoms with Crippen molar-refractivity contribution in [1.82, 2.24) is 24.6 Å². The number of anilines is 2. The molecule has 1 unspecified atom stereocenters. The van der Waals surface area contributed by atoms with Crippen molar-refractivity contribution in [3.8, 4) is 11.9 Å². The minimum Gasteiger partial charge on any atom is -0.474 e. The Morgan fingerprint density at radius 2 is 2.08 bits per heavy atom. The van der Waals surface area contributed by atoms with Crippen LogP contribution in [0.5, 0.6) is 5.88 Å². The van der Waals surface area contributed by atoms with Crippen molar-refractivity contribution < 1.29 is 23.0 Å². The Labute approximate surface area is 284 Å². The molecule has 1 aliphatic carbocycles. The van der Waals surface area contributed by atoms with Gasteiger partial charge in [-0.3, -0.25) is 14.4 Å². The highest BCUT2D eigenvalue weighted by atomic mass is 19.1. The molecule has 4 aliphatic heterocycles. The van der Waals surface area contributed by atoms with Gasteiger partial charge in [0.15, 0.2) is 5.69 Å². The molecule has 0 bridgehead atoms. The minimum atomic E-state index is -0.933. The number of nitrogens with zero attached hydrogens (tertiary/aromatic N) is 7. The van der Waals surface area contributed by atoms with Gasteiger partial charge in [-0.1, -0.05) is 6.07 Å². The summed E-state index contributed by atoms with van der Waals surface area (Å²) < 4.78 is 46.6. The van der Waals surface area contributed by atoms with Crippen LogP contribution in [0.3, 0.4) is 0 Å². The number of nitrogens with two attached hydrogens (primary N) is 1. The van der Waals surface area contributed by atoms with Crippen LogP contribution < -0.4 is 15.4 Å². The number of amides is 1. The van der Waals surface area contributed by atoms with E-state index in [1.807, 2.05) is 15.6 Å². The molecule has 6 heterocycles. The Morgan fingerprint density at radius 1 is 1.22 bits per heavy atom. The fourth-order valence-electron chi connectivity index (χ4n) is 9.02. The topological polar surface area (TPSA) is 126 Å². The largest absolute Gasteiger partial charge is 0.474 e. The first-order valence-corrected chi connectivity index (χ1v) is 17.3. The van der Waals surface area contributed by atoms with Crippen molar-refractivity contribution in [3.05, 3.63) is 63.4 Å². The van der Waals surface area contributed by atoms with E-state index in [1.54, 1.807) is 26.2 Å². The lowest BCUT2D eigenvalue weighted by molar-refractivity contribution is -0.0856. The number of rotatable bonds is 5. The van der Waals surface area contributed by atoms with Crippen molar-refractivity contribution in [3.63, 3.8) is 0 Å². The van der Waals surface area contributed by atoms with Gasteiger partial charge in [0.05, 0.1) is 41.3 Å². The maximum absolute atomic E-state index is 17.0. The Balaban J connectivity index is 1.21. The first-order chi connectivity index (χ1) is 23.6. The number of ether oxygens (including phenoxy) is 2. The molecule has 1 amide bonds. The molecule has 2 N–H and O–H groups in total. The fourth-order valence-corrected chi connectivity index (χ4v) is 9.02. The van der Waals surface area contributed by atoms with Crippen LogP contribution in [-0.2, 0) is 42.9 Å². The number of fused-ring (bicyclic) bond motifs is 5. The number of aryl methyl sites for hydroxylation is 2. The van der Waals surface area contributed by atoms with Crippen LogP contribution in [0.15, 0.2) is 18.2 Å². The normalized spacial score (nSPS) is 26.0. The summed E-state index contributed by atoms with van der Waals surface area (Å²) in [6.07, 6.45) is 4.52. The number of nitriles is 1. The van der Waals surface area contributed by atoms with Gasteiger partial charge in [0.2, 0.25) is 5.82 Å². The van der Waals surface area contributed by atoms with E-state index in [2.05, 4.69) is 16.1 Å². The summed E-state index contributed by atoms with van der Waals surface area (Å²) >= 11 is 0. The molecule has 49 heavy (non-hydrogen) atoms. The van der Waals surface area contributed by atoms with E-state index in [0.29, 0.717) is 85.8 Å². The van der Waals surface area contributed by atoms with E-state index in [1.165, 1.54) is 4.90 Å². The van der Waals surface area contributed by atoms with Crippen molar-refractivity contribution >= 4 is 17.3 Å². The second-order valence-corrected chi connectivity index (χ2v) is 14.6. The standard InChI is InChI=1S/C36H42F2N8O3/c1-43(2)34(47)28-14-24-19-44(11-5-13-46(24)42-28)32-26-20-49-36(10-3-6-22-7-8-27(40)25(17-39)30(22)36)16-29(26)41-33(31(32)38)48-21-35-9-4-12-45(35)18-23(37)15-35/h7-8,14,23H,3-6,9-13,15-16,18-21,40H2,1-2H3/t23-,35?,36+/m1/s1. The molecular weight excluding hydrogens is 630 g/mol. The average molecular weight is 673 g/mol. The predicted octanol–water partition coefficient (Wildman–Crippen LogP) is 4.24. The molecule has 13 heteroatoms. The number of nitrogen functional groups attached to an aromatic ring is 1. The molecular formula is C36H42F2N8O3. The first kappa shape index (κ1) is 32.0. The Morgan fingerprint density at radius 3 is 2.90 bits per heavy atom. The van der Waals surface area contributed by atoms with Crippen LogP contribution in [-0.4, -0.2) is 82.5 Å². The molecule has 2 saturated heterocycles. The van der Waals surface area contributed by atoms with E-state index < -0.39 is 23.1 Å². The van der Waals surface area contributed by atoms with Gasteiger partial charge in [0.1, 0.15) is 24.4 Å². The molecule has 0 radical (unpaired) electrons. The number of hydrogen-bond donors (Lipinski definition) is 1.